The number of hydrogen-bond donors (Lipinski definition) is 0. The van der Waals surface area contributed by atoms with Crippen molar-refractivity contribution in [3.8, 4) is 84.4 Å². The first kappa shape index (κ1) is 47.3. The molecule has 482 valence electrons. The molecule has 7 heteroatoms. The minimum atomic E-state index is -0.696. The van der Waals surface area contributed by atoms with Crippen LogP contribution in [-0.4, -0.2) is 26.2 Å². The standard InChI is InChI=1S/C93H77BN6/c1-91(2,3)68-45-51-80-74(55-68)75-56-69(92(4,5)6)46-52-81(75)98(80)71-47-49-78-85(59-71)99(79-50-44-66(60-29-16-10-17-30-60)53-72(79)62-33-20-12-21-34-62)82-41-28-42-83-86(82)94(78)77-48-43-67(61-31-18-11-19-32-61)54-84(77)100(83)87-73(63-35-22-13-23-36-63)57-70(93(7,8)9)58-76(87)90-96-88(64-37-24-14-25-38-64)95-89(97-90)65-39-26-15-27-40-65/h10-59H,1-9H3/i11D,14D,15D,18D,19D,24D,25D,26D,27D,31D,32D,37D,38D,39D,40D. The normalized spacial score (nSPS) is 14.9. The molecule has 0 aliphatic carbocycles. The highest BCUT2D eigenvalue weighted by atomic mass is 15.2. The summed E-state index contributed by atoms with van der Waals surface area (Å²) < 4.78 is 140. The van der Waals surface area contributed by atoms with Gasteiger partial charge in [-0.05, 0) is 162 Å². The van der Waals surface area contributed by atoms with Gasteiger partial charge in [-0.2, -0.15) is 0 Å². The van der Waals surface area contributed by atoms with Gasteiger partial charge in [-0.3, -0.25) is 0 Å². The maximum Gasteiger partial charge on any atom is 0.252 e. The molecule has 0 saturated carbocycles. The lowest BCUT2D eigenvalue weighted by atomic mass is 9.33. The molecule has 17 rings (SSSR count). The Morgan fingerprint density at radius 3 is 1.32 bits per heavy atom. The van der Waals surface area contributed by atoms with Crippen LogP contribution in [0.3, 0.4) is 0 Å². The molecule has 2 aliphatic heterocycles. The SMILES string of the molecule is [2H]c1c([2H])c([2H])c(-c2ccc3c(c2)N(c2c(-c4ccccc4)cc(C(C)(C)C)cc2-c2nc(-c4c([2H])c([2H])c([2H])c([2H])c4[2H])nc(-c4c([2H])c([2H])c([2H])c([2H])c4[2H])n2)c2cccc4c2B3c2ccc(-n3c5ccc(C(C)(C)C)cc5c5cc(C(C)(C)C)ccc53)cc2N4c2ccc(-c3ccccc3)cc2-c2ccccc2)c([2H])c1[2H]. The van der Waals surface area contributed by atoms with Crippen molar-refractivity contribution in [2.75, 3.05) is 9.80 Å². The second-order valence-corrected chi connectivity index (χ2v) is 28.9. The molecule has 0 N–H and O–H groups in total. The molecule has 2 aromatic heterocycles. The summed E-state index contributed by atoms with van der Waals surface area (Å²) in [4.78, 5) is 19.7. The number of rotatable bonds is 10. The predicted molar refractivity (Wildman–Crippen MR) is 422 cm³/mol. The van der Waals surface area contributed by atoms with Crippen molar-refractivity contribution >= 4 is 79.0 Å². The fourth-order valence-electron chi connectivity index (χ4n) is 14.5. The Balaban J connectivity index is 1.03. The van der Waals surface area contributed by atoms with E-state index >= 15 is 0 Å². The fraction of sp³-hybridized carbons (Fsp3) is 0.129. The van der Waals surface area contributed by atoms with Crippen molar-refractivity contribution in [2.45, 2.75) is 78.6 Å². The van der Waals surface area contributed by atoms with Gasteiger partial charge in [-0.15, -0.1) is 0 Å². The van der Waals surface area contributed by atoms with E-state index in [9.17, 15) is 8.22 Å². The van der Waals surface area contributed by atoms with Crippen LogP contribution in [0.2, 0.25) is 0 Å². The van der Waals surface area contributed by atoms with Gasteiger partial charge in [0.2, 0.25) is 0 Å². The molecule has 0 saturated heterocycles. The molecule has 0 spiro atoms. The van der Waals surface area contributed by atoms with Gasteiger partial charge in [0.25, 0.3) is 6.71 Å². The molecule has 2 aliphatic rings. The highest BCUT2D eigenvalue weighted by Crippen LogP contribution is 2.53. The molecule has 0 fully saturated rings. The summed E-state index contributed by atoms with van der Waals surface area (Å²) in [5, 5.41) is 2.24. The van der Waals surface area contributed by atoms with Crippen molar-refractivity contribution in [2.24, 2.45) is 0 Å². The minimum absolute atomic E-state index is 0.0495. The third-order valence-corrected chi connectivity index (χ3v) is 19.6. The van der Waals surface area contributed by atoms with E-state index < -0.39 is 126 Å². The van der Waals surface area contributed by atoms with Crippen LogP contribution >= 0.6 is 0 Å². The Hall–Kier alpha value is -11.7. The molecule has 100 heavy (non-hydrogen) atoms. The van der Waals surface area contributed by atoms with Crippen molar-refractivity contribution in [3.63, 3.8) is 0 Å². The van der Waals surface area contributed by atoms with E-state index in [2.05, 4.69) is 165 Å². The first-order chi connectivity index (χ1) is 54.7. The van der Waals surface area contributed by atoms with Gasteiger partial charge in [0.15, 0.2) is 17.5 Å². The lowest BCUT2D eigenvalue weighted by Gasteiger charge is -2.45. The maximum atomic E-state index is 9.61. The molecule has 0 radical (unpaired) electrons. The lowest BCUT2D eigenvalue weighted by molar-refractivity contribution is 0.590. The van der Waals surface area contributed by atoms with E-state index in [1.807, 2.05) is 124 Å². The second-order valence-electron chi connectivity index (χ2n) is 28.9. The van der Waals surface area contributed by atoms with Crippen molar-refractivity contribution in [1.29, 1.82) is 0 Å². The van der Waals surface area contributed by atoms with E-state index in [-0.39, 0.29) is 33.3 Å². The van der Waals surface area contributed by atoms with E-state index in [4.69, 9.17) is 27.3 Å². The first-order valence-electron chi connectivity index (χ1n) is 41.3. The zero-order chi connectivity index (χ0) is 81.2. The smallest absolute Gasteiger partial charge is 0.252 e. The molecule has 0 bridgehead atoms. The summed E-state index contributed by atoms with van der Waals surface area (Å²) in [6, 6.07) is 63.9. The van der Waals surface area contributed by atoms with E-state index in [1.54, 1.807) is 0 Å². The van der Waals surface area contributed by atoms with Crippen molar-refractivity contribution in [3.05, 3.63) is 320 Å². The number of fused-ring (bicyclic) bond motifs is 7. The van der Waals surface area contributed by atoms with Gasteiger partial charge in [0.1, 0.15) is 0 Å². The Labute approximate surface area is 608 Å². The Morgan fingerprint density at radius 1 is 0.310 bits per heavy atom. The number of anilines is 6. The number of nitrogens with zero attached hydrogens (tertiary/aromatic N) is 6. The predicted octanol–water partition coefficient (Wildman–Crippen LogP) is 22.6. The van der Waals surface area contributed by atoms with E-state index in [0.717, 1.165) is 88.8 Å². The zero-order valence-corrected chi connectivity index (χ0v) is 57.0. The van der Waals surface area contributed by atoms with Crippen LogP contribution in [-0.2, 0) is 16.2 Å². The molecular weight excluding hydrogens is 1210 g/mol. The molecule has 13 aromatic carbocycles. The fourth-order valence-corrected chi connectivity index (χ4v) is 14.5. The van der Waals surface area contributed by atoms with E-state index in [0.29, 0.717) is 28.2 Å². The summed E-state index contributed by atoms with van der Waals surface area (Å²) >= 11 is 0. The number of hydrogen-bond acceptors (Lipinski definition) is 5. The molecule has 0 atom stereocenters. The maximum absolute atomic E-state index is 9.61. The highest BCUT2D eigenvalue weighted by Gasteiger charge is 2.45. The molecule has 0 unspecified atom stereocenters. The van der Waals surface area contributed by atoms with Crippen LogP contribution in [0.5, 0.6) is 0 Å². The Morgan fingerprint density at radius 2 is 0.770 bits per heavy atom. The largest absolute Gasteiger partial charge is 0.311 e. The van der Waals surface area contributed by atoms with Crippen LogP contribution < -0.4 is 26.2 Å². The zero-order valence-electron chi connectivity index (χ0n) is 72.0. The molecule has 15 aromatic rings. The van der Waals surface area contributed by atoms with Crippen LogP contribution in [0.15, 0.2) is 303 Å². The topological polar surface area (TPSA) is 50.1 Å². The van der Waals surface area contributed by atoms with Gasteiger partial charge in [-0.25, -0.2) is 15.0 Å². The van der Waals surface area contributed by atoms with Gasteiger partial charge < -0.3 is 14.4 Å². The Kier molecular flexibility index (Phi) is 11.4. The van der Waals surface area contributed by atoms with Crippen molar-refractivity contribution in [1.82, 2.24) is 19.5 Å². The summed E-state index contributed by atoms with van der Waals surface area (Å²) in [5.41, 5.74) is 16.4. The minimum Gasteiger partial charge on any atom is -0.311 e. The average Bonchev–Trinajstić information content (AvgIpc) is 0.810. The van der Waals surface area contributed by atoms with E-state index in [1.165, 1.54) is 11.1 Å². The van der Waals surface area contributed by atoms with Crippen LogP contribution in [0.25, 0.3) is 106 Å². The van der Waals surface area contributed by atoms with Gasteiger partial charge >= 0.3 is 0 Å². The lowest BCUT2D eigenvalue weighted by Crippen LogP contribution is -2.61. The third-order valence-electron chi connectivity index (χ3n) is 19.6. The quantitative estimate of drug-likeness (QED) is 0.128. The van der Waals surface area contributed by atoms with Gasteiger partial charge in [0, 0.05) is 67.0 Å². The second kappa shape index (κ2) is 24.1. The third kappa shape index (κ3) is 10.8. The molecule has 4 heterocycles. The van der Waals surface area contributed by atoms with Crippen molar-refractivity contribution < 1.29 is 20.6 Å². The Bertz CT molecular complexity index is 6390. The van der Waals surface area contributed by atoms with Gasteiger partial charge in [0.05, 0.1) is 43.0 Å². The van der Waals surface area contributed by atoms with Gasteiger partial charge in [-0.1, -0.05) is 286 Å². The summed E-state index contributed by atoms with van der Waals surface area (Å²) in [7, 11) is 0. The molecule has 6 nitrogen and oxygen atoms in total. The van der Waals surface area contributed by atoms with Crippen LogP contribution in [0.4, 0.5) is 34.1 Å². The first-order valence-corrected chi connectivity index (χ1v) is 33.8. The summed E-state index contributed by atoms with van der Waals surface area (Å²) in [6.45, 7) is 18.9. The summed E-state index contributed by atoms with van der Waals surface area (Å²) in [5.74, 6) is -1.10. The summed E-state index contributed by atoms with van der Waals surface area (Å²) in [6.07, 6.45) is 0. The molecular formula is C93H77BN6. The van der Waals surface area contributed by atoms with Crippen LogP contribution in [0.1, 0.15) is 99.6 Å². The van der Waals surface area contributed by atoms with Crippen LogP contribution in [0, 0.1) is 0 Å². The average molecular weight is 1300 g/mol. The number of aromatic nitrogens is 4. The molecule has 0 amide bonds. The number of benzene rings is 13. The monoisotopic (exact) mass is 1300 g/mol. The highest BCUT2D eigenvalue weighted by molar-refractivity contribution is 7.00.